The molecule has 22 heavy (non-hydrogen) atoms. The minimum atomic E-state index is -0.204. The molecule has 0 spiro atoms. The van der Waals surface area contributed by atoms with Gasteiger partial charge < -0.3 is 9.52 Å². The molecule has 1 fully saturated rings. The third kappa shape index (κ3) is 2.92. The third-order valence-corrected chi connectivity index (χ3v) is 4.50. The van der Waals surface area contributed by atoms with Crippen molar-refractivity contribution in [3.8, 4) is 6.07 Å². The first-order valence-corrected chi connectivity index (χ1v) is 7.63. The first kappa shape index (κ1) is 14.8. The molecule has 1 unspecified atom stereocenters. The van der Waals surface area contributed by atoms with Crippen LogP contribution in [-0.2, 0) is 12.0 Å². The van der Waals surface area contributed by atoms with Gasteiger partial charge >= 0.3 is 0 Å². The first-order chi connectivity index (χ1) is 10.8. The van der Waals surface area contributed by atoms with E-state index in [0.717, 1.165) is 31.7 Å². The quantitative estimate of drug-likeness (QED) is 0.942. The Balaban J connectivity index is 1.76. The van der Waals surface area contributed by atoms with E-state index in [4.69, 9.17) is 9.68 Å². The van der Waals surface area contributed by atoms with Crippen molar-refractivity contribution in [3.05, 3.63) is 59.5 Å². The highest BCUT2D eigenvalue weighted by Crippen LogP contribution is 2.34. The molecule has 2 aromatic rings. The number of hydrogen-bond acceptors (Lipinski definition) is 4. The fourth-order valence-corrected chi connectivity index (χ4v) is 3.35. The Morgan fingerprint density at radius 2 is 2.05 bits per heavy atom. The normalized spacial score (nSPS) is 22.4. The van der Waals surface area contributed by atoms with Gasteiger partial charge in [0.1, 0.15) is 11.8 Å². The van der Waals surface area contributed by atoms with Crippen LogP contribution < -0.4 is 0 Å². The second-order valence-electron chi connectivity index (χ2n) is 6.00. The minimum absolute atomic E-state index is 0.148. The molecular formula is C18H20N2O2. The van der Waals surface area contributed by atoms with Gasteiger partial charge in [0.05, 0.1) is 13.2 Å². The molecule has 0 aliphatic carbocycles. The Labute approximate surface area is 130 Å². The maximum absolute atomic E-state index is 10.0. The van der Waals surface area contributed by atoms with Crippen LogP contribution in [0, 0.1) is 11.3 Å². The van der Waals surface area contributed by atoms with E-state index in [9.17, 15) is 5.11 Å². The summed E-state index contributed by atoms with van der Waals surface area (Å²) in [7, 11) is 0. The van der Waals surface area contributed by atoms with Crippen molar-refractivity contribution in [2.75, 3.05) is 19.7 Å². The van der Waals surface area contributed by atoms with Crippen molar-refractivity contribution in [2.45, 2.75) is 24.8 Å². The molecule has 1 aromatic heterocycles. The van der Waals surface area contributed by atoms with E-state index < -0.39 is 0 Å². The number of nitrogens with zero attached hydrogens (tertiary/aromatic N) is 2. The van der Waals surface area contributed by atoms with E-state index in [2.05, 4.69) is 17.0 Å². The van der Waals surface area contributed by atoms with Crippen molar-refractivity contribution in [3.63, 3.8) is 0 Å². The molecule has 0 bridgehead atoms. The molecule has 0 amide bonds. The van der Waals surface area contributed by atoms with E-state index in [1.165, 1.54) is 5.56 Å². The lowest BCUT2D eigenvalue weighted by molar-refractivity contribution is 0.0808. The van der Waals surface area contributed by atoms with Crippen LogP contribution in [0.2, 0.25) is 0 Å². The summed E-state index contributed by atoms with van der Waals surface area (Å²) >= 11 is 0. The Kier molecular flexibility index (Phi) is 4.28. The van der Waals surface area contributed by atoms with Gasteiger partial charge in [-0.15, -0.1) is 0 Å². The summed E-state index contributed by atoms with van der Waals surface area (Å²) in [6.45, 7) is 2.61. The number of likely N-dealkylation sites (tertiary alicyclic amines) is 1. The van der Waals surface area contributed by atoms with Crippen LogP contribution in [-0.4, -0.2) is 29.7 Å². The van der Waals surface area contributed by atoms with Gasteiger partial charge in [0.25, 0.3) is 0 Å². The van der Waals surface area contributed by atoms with Crippen LogP contribution in [0.1, 0.15) is 29.9 Å². The number of piperidine rings is 1. The fraction of sp³-hybridized carbons (Fsp3) is 0.389. The summed E-state index contributed by atoms with van der Waals surface area (Å²) in [5, 5.41) is 18.9. The predicted molar refractivity (Wildman–Crippen MR) is 83.1 cm³/mol. The molecule has 114 valence electrons. The maximum Gasteiger partial charge on any atom is 0.203 e. The highest BCUT2D eigenvalue weighted by atomic mass is 16.3. The van der Waals surface area contributed by atoms with Gasteiger partial charge in [-0.1, -0.05) is 30.3 Å². The molecular weight excluding hydrogens is 276 g/mol. The van der Waals surface area contributed by atoms with Crippen LogP contribution in [0.15, 0.2) is 46.9 Å². The number of benzene rings is 1. The topological polar surface area (TPSA) is 60.4 Å². The Hall–Kier alpha value is -2.09. The standard InChI is InChI=1S/C18H20N2O2/c19-11-16-7-8-17(22-16)12-20-10-4-9-18(13-20,14-21)15-5-2-1-3-6-15/h1-3,5-8,21H,4,9-10,12-14H2. The van der Waals surface area contributed by atoms with Gasteiger partial charge in [-0.25, -0.2) is 0 Å². The van der Waals surface area contributed by atoms with E-state index >= 15 is 0 Å². The van der Waals surface area contributed by atoms with E-state index in [1.807, 2.05) is 30.3 Å². The maximum atomic E-state index is 10.0. The van der Waals surface area contributed by atoms with Crippen LogP contribution in [0.5, 0.6) is 0 Å². The Morgan fingerprint density at radius 3 is 2.73 bits per heavy atom. The monoisotopic (exact) mass is 296 g/mol. The van der Waals surface area contributed by atoms with E-state index in [-0.39, 0.29) is 12.0 Å². The number of aliphatic hydroxyl groups is 1. The van der Waals surface area contributed by atoms with Crippen LogP contribution >= 0.6 is 0 Å². The molecule has 1 atom stereocenters. The molecule has 1 saturated heterocycles. The van der Waals surface area contributed by atoms with Crippen LogP contribution in [0.4, 0.5) is 0 Å². The number of rotatable bonds is 4. The second-order valence-corrected chi connectivity index (χ2v) is 6.00. The summed E-state index contributed by atoms with van der Waals surface area (Å²) in [5.74, 6) is 1.15. The van der Waals surface area contributed by atoms with Gasteiger partial charge in [-0.3, -0.25) is 4.90 Å². The number of furan rings is 1. The molecule has 3 rings (SSSR count). The fourth-order valence-electron chi connectivity index (χ4n) is 3.35. The molecule has 1 aromatic carbocycles. The molecule has 0 saturated carbocycles. The second kappa shape index (κ2) is 6.35. The van der Waals surface area contributed by atoms with Gasteiger partial charge in [0.2, 0.25) is 5.76 Å². The van der Waals surface area contributed by atoms with Crippen molar-refractivity contribution in [1.82, 2.24) is 4.90 Å². The molecule has 4 heteroatoms. The summed E-state index contributed by atoms with van der Waals surface area (Å²) in [4.78, 5) is 2.30. The largest absolute Gasteiger partial charge is 0.449 e. The lowest BCUT2D eigenvalue weighted by Gasteiger charge is -2.42. The molecule has 1 aliphatic heterocycles. The zero-order valence-electron chi connectivity index (χ0n) is 12.5. The molecule has 1 aliphatic rings. The smallest absolute Gasteiger partial charge is 0.203 e. The van der Waals surface area contributed by atoms with Gasteiger partial charge in [0, 0.05) is 12.0 Å². The van der Waals surface area contributed by atoms with Crippen molar-refractivity contribution in [1.29, 1.82) is 5.26 Å². The molecule has 1 N–H and O–H groups in total. The average molecular weight is 296 g/mol. The summed E-state index contributed by atoms with van der Waals surface area (Å²) in [6.07, 6.45) is 2.03. The van der Waals surface area contributed by atoms with E-state index in [1.54, 1.807) is 6.07 Å². The minimum Gasteiger partial charge on any atom is -0.449 e. The van der Waals surface area contributed by atoms with Crippen molar-refractivity contribution < 1.29 is 9.52 Å². The summed E-state index contributed by atoms with van der Waals surface area (Å²) < 4.78 is 5.48. The Bertz CT molecular complexity index is 659. The lowest BCUT2D eigenvalue weighted by Crippen LogP contribution is -2.47. The van der Waals surface area contributed by atoms with Gasteiger partial charge in [-0.2, -0.15) is 5.26 Å². The summed E-state index contributed by atoms with van der Waals surface area (Å²) in [5.41, 5.74) is 0.990. The third-order valence-electron chi connectivity index (χ3n) is 4.50. The average Bonchev–Trinajstić information content (AvgIpc) is 3.03. The van der Waals surface area contributed by atoms with Crippen molar-refractivity contribution in [2.24, 2.45) is 0 Å². The highest BCUT2D eigenvalue weighted by molar-refractivity contribution is 5.27. The van der Waals surface area contributed by atoms with Gasteiger partial charge in [-0.05, 0) is 37.1 Å². The molecule has 2 heterocycles. The lowest BCUT2D eigenvalue weighted by atomic mass is 9.75. The van der Waals surface area contributed by atoms with E-state index in [0.29, 0.717) is 12.3 Å². The number of aliphatic hydroxyl groups excluding tert-OH is 1. The Morgan fingerprint density at radius 1 is 1.23 bits per heavy atom. The summed E-state index contributed by atoms with van der Waals surface area (Å²) in [6, 6.07) is 15.8. The van der Waals surface area contributed by atoms with Gasteiger partial charge in [0.15, 0.2) is 0 Å². The van der Waals surface area contributed by atoms with Crippen molar-refractivity contribution >= 4 is 0 Å². The van der Waals surface area contributed by atoms with Crippen LogP contribution in [0.25, 0.3) is 0 Å². The SMILES string of the molecule is N#Cc1ccc(CN2CCCC(CO)(c3ccccc3)C2)o1. The molecule has 0 radical (unpaired) electrons. The predicted octanol–water partition coefficient (Wildman–Crippen LogP) is 2.68. The van der Waals surface area contributed by atoms with Crippen LogP contribution in [0.3, 0.4) is 0 Å². The highest BCUT2D eigenvalue weighted by Gasteiger charge is 2.36. The zero-order chi connectivity index (χ0) is 15.4. The first-order valence-electron chi connectivity index (χ1n) is 7.63. The zero-order valence-corrected chi connectivity index (χ0v) is 12.5. The number of hydrogen-bond donors (Lipinski definition) is 1. The number of nitriles is 1. The molecule has 4 nitrogen and oxygen atoms in total.